The number of aromatic nitrogens is 2. The Balaban J connectivity index is 2.01. The smallest absolute Gasteiger partial charge is 0.311 e. The lowest BCUT2D eigenvalue weighted by molar-refractivity contribution is -0.139. The van der Waals surface area contributed by atoms with E-state index in [1.165, 1.54) is 7.11 Å². The van der Waals surface area contributed by atoms with Gasteiger partial charge in [-0.1, -0.05) is 5.16 Å². The SMILES string of the molecule is COC(=O)Cc1csc(NS(=O)(=O)Cc2cc(C)on2)n1. The van der Waals surface area contributed by atoms with E-state index in [-0.39, 0.29) is 17.3 Å². The lowest BCUT2D eigenvalue weighted by atomic mass is 10.3. The molecule has 0 fully saturated rings. The number of ether oxygens (including phenoxy) is 1. The van der Waals surface area contributed by atoms with E-state index < -0.39 is 16.0 Å². The normalized spacial score (nSPS) is 11.3. The van der Waals surface area contributed by atoms with Gasteiger partial charge in [-0.05, 0) is 6.92 Å². The monoisotopic (exact) mass is 331 g/mol. The van der Waals surface area contributed by atoms with Gasteiger partial charge in [0.15, 0.2) is 5.13 Å². The standard InChI is InChI=1S/C11H13N3O5S2/c1-7-3-9(13-19-7)6-21(16,17)14-11-12-8(5-20-11)4-10(15)18-2/h3,5H,4,6H2,1-2H3,(H,12,14). The molecule has 114 valence electrons. The van der Waals surface area contributed by atoms with Crippen molar-refractivity contribution in [3.8, 4) is 0 Å². The van der Waals surface area contributed by atoms with Crippen molar-refractivity contribution in [1.29, 1.82) is 0 Å². The second-order valence-corrected chi connectivity index (χ2v) is 6.77. The Labute approximate surface area is 125 Å². The fraction of sp³-hybridized carbons (Fsp3) is 0.364. The van der Waals surface area contributed by atoms with Gasteiger partial charge in [-0.2, -0.15) is 0 Å². The van der Waals surface area contributed by atoms with E-state index >= 15 is 0 Å². The number of carbonyl (C=O) groups is 1. The molecule has 0 unspecified atom stereocenters. The first-order valence-electron chi connectivity index (χ1n) is 5.82. The molecule has 0 spiro atoms. The summed E-state index contributed by atoms with van der Waals surface area (Å²) in [5.41, 5.74) is 0.758. The summed E-state index contributed by atoms with van der Waals surface area (Å²) >= 11 is 1.09. The number of esters is 1. The molecule has 0 atom stereocenters. The molecule has 21 heavy (non-hydrogen) atoms. The first-order chi connectivity index (χ1) is 9.88. The predicted octanol–water partition coefficient (Wildman–Crippen LogP) is 1.10. The van der Waals surface area contributed by atoms with Crippen molar-refractivity contribution < 1.29 is 22.5 Å². The van der Waals surface area contributed by atoms with E-state index in [4.69, 9.17) is 4.52 Å². The van der Waals surface area contributed by atoms with E-state index in [1.807, 2.05) is 0 Å². The van der Waals surface area contributed by atoms with Crippen molar-refractivity contribution in [2.24, 2.45) is 0 Å². The van der Waals surface area contributed by atoms with Gasteiger partial charge in [0.1, 0.15) is 17.2 Å². The molecule has 0 radical (unpaired) electrons. The van der Waals surface area contributed by atoms with Crippen LogP contribution in [0.3, 0.4) is 0 Å². The number of carbonyl (C=O) groups excluding carboxylic acids is 1. The molecular weight excluding hydrogens is 318 g/mol. The fourth-order valence-corrected chi connectivity index (χ4v) is 3.54. The van der Waals surface area contributed by atoms with Crippen LogP contribution in [0.1, 0.15) is 17.1 Å². The molecule has 0 aliphatic heterocycles. The van der Waals surface area contributed by atoms with E-state index in [0.717, 1.165) is 11.3 Å². The Morgan fingerprint density at radius 3 is 2.86 bits per heavy atom. The summed E-state index contributed by atoms with van der Waals surface area (Å²) in [4.78, 5) is 15.1. The Kier molecular flexibility index (Phi) is 4.58. The highest BCUT2D eigenvalue weighted by atomic mass is 32.2. The summed E-state index contributed by atoms with van der Waals surface area (Å²) < 4.78 is 35.6. The number of sulfonamides is 1. The molecule has 1 N–H and O–H groups in total. The molecule has 0 bridgehead atoms. The third-order valence-electron chi connectivity index (χ3n) is 2.36. The molecule has 0 aliphatic rings. The number of hydrogen-bond acceptors (Lipinski definition) is 8. The number of methoxy groups -OCH3 is 1. The zero-order valence-electron chi connectivity index (χ0n) is 11.3. The second kappa shape index (κ2) is 6.22. The van der Waals surface area contributed by atoms with Crippen LogP contribution in [-0.2, 0) is 31.7 Å². The molecular formula is C11H13N3O5S2. The summed E-state index contributed by atoms with van der Waals surface area (Å²) in [6.07, 6.45) is -0.00277. The maximum Gasteiger partial charge on any atom is 0.311 e. The van der Waals surface area contributed by atoms with Crippen LogP contribution in [0.2, 0.25) is 0 Å². The Morgan fingerprint density at radius 1 is 1.48 bits per heavy atom. The maximum absolute atomic E-state index is 11.9. The quantitative estimate of drug-likeness (QED) is 0.789. The number of thiazole rings is 1. The van der Waals surface area contributed by atoms with Crippen LogP contribution >= 0.6 is 11.3 Å². The minimum absolute atomic E-state index is 0.00277. The molecule has 0 saturated heterocycles. The van der Waals surface area contributed by atoms with Gasteiger partial charge < -0.3 is 9.26 Å². The number of nitrogens with zero attached hydrogens (tertiary/aromatic N) is 2. The lowest BCUT2D eigenvalue weighted by Gasteiger charge is -2.02. The van der Waals surface area contributed by atoms with Crippen LogP contribution in [-0.4, -0.2) is 31.6 Å². The molecule has 0 saturated carbocycles. The molecule has 2 aromatic rings. The minimum Gasteiger partial charge on any atom is -0.469 e. The molecule has 2 rings (SSSR count). The van der Waals surface area contributed by atoms with Crippen molar-refractivity contribution >= 4 is 32.5 Å². The van der Waals surface area contributed by atoms with Crippen LogP contribution in [0.15, 0.2) is 16.0 Å². The van der Waals surface area contributed by atoms with E-state index in [1.54, 1.807) is 18.4 Å². The summed E-state index contributed by atoms with van der Waals surface area (Å²) in [5, 5.41) is 5.41. The molecule has 0 aliphatic carbocycles. The van der Waals surface area contributed by atoms with Gasteiger partial charge in [0.2, 0.25) is 10.0 Å². The molecule has 0 amide bonds. The molecule has 2 aromatic heterocycles. The Hall–Kier alpha value is -1.94. The summed E-state index contributed by atoms with van der Waals surface area (Å²) in [6, 6.07) is 1.55. The number of aryl methyl sites for hydroxylation is 1. The number of anilines is 1. The third-order valence-corrected chi connectivity index (χ3v) is 4.48. The summed E-state index contributed by atoms with van der Waals surface area (Å²) in [7, 11) is -2.36. The second-order valence-electron chi connectivity index (χ2n) is 4.19. The van der Waals surface area contributed by atoms with Gasteiger partial charge in [0, 0.05) is 11.4 Å². The highest BCUT2D eigenvalue weighted by Crippen LogP contribution is 2.18. The van der Waals surface area contributed by atoms with Crippen molar-refractivity contribution in [2.75, 3.05) is 11.8 Å². The minimum atomic E-state index is -3.64. The highest BCUT2D eigenvalue weighted by molar-refractivity contribution is 7.92. The molecule has 10 heteroatoms. The molecule has 8 nitrogen and oxygen atoms in total. The van der Waals surface area contributed by atoms with Crippen LogP contribution in [0.25, 0.3) is 0 Å². The third kappa shape index (κ3) is 4.53. The van der Waals surface area contributed by atoms with Crippen molar-refractivity contribution in [3.63, 3.8) is 0 Å². The zero-order chi connectivity index (χ0) is 15.5. The van der Waals surface area contributed by atoms with E-state index in [9.17, 15) is 13.2 Å². The van der Waals surface area contributed by atoms with Crippen LogP contribution in [0.5, 0.6) is 0 Å². The fourth-order valence-electron chi connectivity index (χ4n) is 1.50. The Bertz CT molecular complexity index is 735. The van der Waals surface area contributed by atoms with Gasteiger partial charge in [0.05, 0.1) is 19.2 Å². The highest BCUT2D eigenvalue weighted by Gasteiger charge is 2.17. The summed E-state index contributed by atoms with van der Waals surface area (Å²) in [5.74, 6) is -0.210. The van der Waals surface area contributed by atoms with Crippen LogP contribution < -0.4 is 4.72 Å². The first-order valence-corrected chi connectivity index (χ1v) is 8.35. The number of rotatable bonds is 6. The van der Waals surface area contributed by atoms with Crippen LogP contribution in [0, 0.1) is 6.92 Å². The van der Waals surface area contributed by atoms with Gasteiger partial charge >= 0.3 is 5.97 Å². The van der Waals surface area contributed by atoms with E-state index in [0.29, 0.717) is 17.1 Å². The van der Waals surface area contributed by atoms with Crippen molar-refractivity contribution in [1.82, 2.24) is 10.1 Å². The van der Waals surface area contributed by atoms with Gasteiger partial charge in [-0.25, -0.2) is 13.4 Å². The van der Waals surface area contributed by atoms with E-state index in [2.05, 4.69) is 19.6 Å². The first kappa shape index (κ1) is 15.4. The zero-order valence-corrected chi connectivity index (χ0v) is 13.0. The summed E-state index contributed by atoms with van der Waals surface area (Å²) in [6.45, 7) is 1.68. The average Bonchev–Trinajstić information content (AvgIpc) is 2.97. The predicted molar refractivity (Wildman–Crippen MR) is 75.3 cm³/mol. The van der Waals surface area contributed by atoms with Crippen LogP contribution in [0.4, 0.5) is 5.13 Å². The largest absolute Gasteiger partial charge is 0.469 e. The lowest BCUT2D eigenvalue weighted by Crippen LogP contribution is -2.15. The van der Waals surface area contributed by atoms with Gasteiger partial charge in [-0.3, -0.25) is 9.52 Å². The number of hydrogen-bond donors (Lipinski definition) is 1. The number of nitrogens with one attached hydrogen (secondary N) is 1. The van der Waals surface area contributed by atoms with Gasteiger partial charge in [-0.15, -0.1) is 11.3 Å². The Morgan fingerprint density at radius 2 is 2.24 bits per heavy atom. The molecule has 0 aromatic carbocycles. The molecule has 2 heterocycles. The average molecular weight is 331 g/mol. The van der Waals surface area contributed by atoms with Crippen molar-refractivity contribution in [3.05, 3.63) is 28.6 Å². The van der Waals surface area contributed by atoms with Crippen molar-refractivity contribution in [2.45, 2.75) is 19.1 Å². The topological polar surface area (TPSA) is 111 Å². The van der Waals surface area contributed by atoms with Gasteiger partial charge in [0.25, 0.3) is 0 Å². The maximum atomic E-state index is 11.9.